The zero-order valence-corrected chi connectivity index (χ0v) is 9.87. The summed E-state index contributed by atoms with van der Waals surface area (Å²) in [5.41, 5.74) is -0.0938. The summed E-state index contributed by atoms with van der Waals surface area (Å²) in [5, 5.41) is 8.84. The maximum atomic E-state index is 13.4. The number of nitriles is 1. The predicted molar refractivity (Wildman–Crippen MR) is 59.5 cm³/mol. The van der Waals surface area contributed by atoms with Crippen LogP contribution in [0.4, 0.5) is 4.39 Å². The minimum Gasteiger partial charge on any atom is -0.297 e. The van der Waals surface area contributed by atoms with Crippen LogP contribution in [0.2, 0.25) is 0 Å². The maximum Gasteiger partial charge on any atom is 0.169 e. The van der Waals surface area contributed by atoms with Gasteiger partial charge in [0, 0.05) is 11.8 Å². The van der Waals surface area contributed by atoms with Crippen LogP contribution in [-0.4, -0.2) is 26.2 Å². The third kappa shape index (κ3) is 3.64. The molecule has 0 aliphatic carbocycles. The van der Waals surface area contributed by atoms with Gasteiger partial charge in [0.25, 0.3) is 0 Å². The molecule has 90 valence electrons. The minimum atomic E-state index is -3.52. The summed E-state index contributed by atoms with van der Waals surface area (Å²) in [5.74, 6) is -3.66. The molecule has 0 amide bonds. The number of halogens is 1. The highest BCUT2D eigenvalue weighted by molar-refractivity contribution is 7.91. The molecular weight excluding hydrogens is 245 g/mol. The number of sulfone groups is 1. The topological polar surface area (TPSA) is 75.0 Å². The van der Waals surface area contributed by atoms with Crippen molar-refractivity contribution in [3.63, 3.8) is 0 Å². The molecule has 0 radical (unpaired) electrons. The van der Waals surface area contributed by atoms with Gasteiger partial charge in [0.05, 0.1) is 6.07 Å². The van der Waals surface area contributed by atoms with E-state index in [4.69, 9.17) is 5.26 Å². The third-order valence-corrected chi connectivity index (χ3v) is 2.88. The van der Waals surface area contributed by atoms with E-state index in [0.717, 1.165) is 12.3 Å². The molecule has 0 saturated heterocycles. The number of rotatable bonds is 4. The van der Waals surface area contributed by atoms with Crippen LogP contribution in [0.15, 0.2) is 24.3 Å². The summed E-state index contributed by atoms with van der Waals surface area (Å²) in [4.78, 5) is 11.6. The number of Topliss-reactive ketones (excluding diaryl/α,β-unsaturated/α-hetero) is 1. The fourth-order valence-corrected chi connectivity index (χ4v) is 2.05. The SMILES string of the molecule is CS(=O)(=O)CC(=O)C(C#N)c1ccccc1F. The van der Waals surface area contributed by atoms with Crippen molar-refractivity contribution in [1.82, 2.24) is 0 Å². The van der Waals surface area contributed by atoms with Crippen molar-refractivity contribution in [2.24, 2.45) is 0 Å². The molecule has 4 nitrogen and oxygen atoms in total. The monoisotopic (exact) mass is 255 g/mol. The van der Waals surface area contributed by atoms with E-state index in [1.54, 1.807) is 6.07 Å². The van der Waals surface area contributed by atoms with Crippen molar-refractivity contribution in [3.8, 4) is 6.07 Å². The largest absolute Gasteiger partial charge is 0.297 e. The van der Waals surface area contributed by atoms with Gasteiger partial charge < -0.3 is 0 Å². The zero-order valence-electron chi connectivity index (χ0n) is 9.05. The lowest BCUT2D eigenvalue weighted by atomic mass is 9.96. The summed E-state index contributed by atoms with van der Waals surface area (Å²) in [6, 6.07) is 6.95. The number of ketones is 1. The van der Waals surface area contributed by atoms with Gasteiger partial charge in [0.2, 0.25) is 0 Å². The molecule has 0 fully saturated rings. The average molecular weight is 255 g/mol. The first-order valence-electron chi connectivity index (χ1n) is 4.69. The number of carbonyl (C=O) groups excluding carboxylic acids is 1. The van der Waals surface area contributed by atoms with E-state index >= 15 is 0 Å². The lowest BCUT2D eigenvalue weighted by molar-refractivity contribution is -0.117. The molecule has 0 N–H and O–H groups in total. The third-order valence-electron chi connectivity index (χ3n) is 2.07. The number of benzene rings is 1. The molecule has 0 aliphatic heterocycles. The first-order valence-corrected chi connectivity index (χ1v) is 6.75. The van der Waals surface area contributed by atoms with Crippen LogP contribution in [0.5, 0.6) is 0 Å². The van der Waals surface area contributed by atoms with E-state index in [2.05, 4.69) is 0 Å². The van der Waals surface area contributed by atoms with Crippen molar-refractivity contribution in [1.29, 1.82) is 5.26 Å². The van der Waals surface area contributed by atoms with Crippen LogP contribution in [0.1, 0.15) is 11.5 Å². The second kappa shape index (κ2) is 5.06. The molecular formula is C11H10FNO3S. The summed E-state index contributed by atoms with van der Waals surface area (Å²) in [6.45, 7) is 0. The number of carbonyl (C=O) groups is 1. The Morgan fingerprint density at radius 2 is 2.06 bits per heavy atom. The molecule has 1 aromatic carbocycles. The number of nitrogens with zero attached hydrogens (tertiary/aromatic N) is 1. The van der Waals surface area contributed by atoms with Crippen molar-refractivity contribution >= 4 is 15.6 Å². The fraction of sp³-hybridized carbons (Fsp3) is 0.273. The summed E-state index contributed by atoms with van der Waals surface area (Å²) in [7, 11) is -3.52. The molecule has 0 aromatic heterocycles. The molecule has 17 heavy (non-hydrogen) atoms. The molecule has 0 spiro atoms. The first kappa shape index (κ1) is 13.3. The van der Waals surface area contributed by atoms with Crippen LogP contribution in [0, 0.1) is 17.1 Å². The Balaban J connectivity index is 3.06. The van der Waals surface area contributed by atoms with E-state index in [-0.39, 0.29) is 5.56 Å². The number of hydrogen-bond donors (Lipinski definition) is 0. The summed E-state index contributed by atoms with van der Waals surface area (Å²) < 4.78 is 35.3. The van der Waals surface area contributed by atoms with E-state index < -0.39 is 33.1 Å². The van der Waals surface area contributed by atoms with Crippen molar-refractivity contribution in [2.45, 2.75) is 5.92 Å². The predicted octanol–water partition coefficient (Wildman–Crippen LogP) is 1.05. The molecule has 1 aromatic rings. The smallest absolute Gasteiger partial charge is 0.169 e. The van der Waals surface area contributed by atoms with Gasteiger partial charge in [0.15, 0.2) is 15.6 Å². The minimum absolute atomic E-state index is 0.0938. The first-order chi connectivity index (χ1) is 7.85. The van der Waals surface area contributed by atoms with Crippen LogP contribution >= 0.6 is 0 Å². The van der Waals surface area contributed by atoms with Crippen molar-refractivity contribution in [3.05, 3.63) is 35.6 Å². The normalized spacial score (nSPS) is 12.8. The highest BCUT2D eigenvalue weighted by atomic mass is 32.2. The maximum absolute atomic E-state index is 13.4. The Labute approximate surface area is 98.6 Å². The van der Waals surface area contributed by atoms with Gasteiger partial charge in [-0.3, -0.25) is 4.79 Å². The molecule has 0 bridgehead atoms. The molecule has 1 unspecified atom stereocenters. The van der Waals surface area contributed by atoms with Crippen LogP contribution < -0.4 is 0 Å². The lowest BCUT2D eigenvalue weighted by Crippen LogP contribution is -2.21. The van der Waals surface area contributed by atoms with E-state index in [0.29, 0.717) is 0 Å². The zero-order chi connectivity index (χ0) is 13.1. The van der Waals surface area contributed by atoms with E-state index in [1.807, 2.05) is 0 Å². The highest BCUT2D eigenvalue weighted by Crippen LogP contribution is 2.19. The second-order valence-corrected chi connectivity index (χ2v) is 5.76. The standard InChI is InChI=1S/C11H10FNO3S/c1-17(15,16)7-11(14)9(6-13)8-4-2-3-5-10(8)12/h2-5,9H,7H2,1H3. The molecule has 6 heteroatoms. The Kier molecular flexibility index (Phi) is 3.97. The Bertz CT molecular complexity index is 575. The van der Waals surface area contributed by atoms with Crippen molar-refractivity contribution in [2.75, 3.05) is 12.0 Å². The quantitative estimate of drug-likeness (QED) is 0.805. The van der Waals surface area contributed by atoms with E-state index in [1.165, 1.54) is 18.2 Å². The molecule has 0 heterocycles. The Hall–Kier alpha value is -1.74. The molecule has 1 rings (SSSR count). The molecule has 0 aliphatic rings. The Morgan fingerprint density at radius 3 is 2.53 bits per heavy atom. The van der Waals surface area contributed by atoms with Crippen molar-refractivity contribution < 1.29 is 17.6 Å². The second-order valence-electron chi connectivity index (χ2n) is 3.62. The average Bonchev–Trinajstić information content (AvgIpc) is 2.19. The van der Waals surface area contributed by atoms with Gasteiger partial charge in [0.1, 0.15) is 17.5 Å². The molecule has 1 atom stereocenters. The van der Waals surface area contributed by atoms with Gasteiger partial charge in [-0.1, -0.05) is 18.2 Å². The Morgan fingerprint density at radius 1 is 1.47 bits per heavy atom. The van der Waals surface area contributed by atoms with E-state index in [9.17, 15) is 17.6 Å². The van der Waals surface area contributed by atoms with Gasteiger partial charge in [-0.15, -0.1) is 0 Å². The summed E-state index contributed by atoms with van der Waals surface area (Å²) >= 11 is 0. The fourth-order valence-electron chi connectivity index (χ4n) is 1.37. The highest BCUT2D eigenvalue weighted by Gasteiger charge is 2.25. The van der Waals surface area contributed by atoms with Crippen LogP contribution in [-0.2, 0) is 14.6 Å². The lowest BCUT2D eigenvalue weighted by Gasteiger charge is -2.08. The van der Waals surface area contributed by atoms with Gasteiger partial charge in [-0.05, 0) is 6.07 Å². The van der Waals surface area contributed by atoms with Gasteiger partial charge in [-0.25, -0.2) is 12.8 Å². The summed E-state index contributed by atoms with van der Waals surface area (Å²) in [6.07, 6.45) is 0.890. The number of hydrogen-bond acceptors (Lipinski definition) is 4. The molecule has 0 saturated carbocycles. The van der Waals surface area contributed by atoms with Crippen LogP contribution in [0.3, 0.4) is 0 Å². The van der Waals surface area contributed by atoms with Gasteiger partial charge >= 0.3 is 0 Å². The van der Waals surface area contributed by atoms with Gasteiger partial charge in [-0.2, -0.15) is 5.26 Å². The van der Waals surface area contributed by atoms with Crippen LogP contribution in [0.25, 0.3) is 0 Å².